The van der Waals surface area contributed by atoms with Crippen molar-refractivity contribution in [1.29, 1.82) is 0 Å². The molecule has 1 nitrogen and oxygen atoms in total. The van der Waals surface area contributed by atoms with Crippen LogP contribution in [0.3, 0.4) is 0 Å². The van der Waals surface area contributed by atoms with Crippen LogP contribution in [0.5, 0.6) is 0 Å². The predicted octanol–water partition coefficient (Wildman–Crippen LogP) is 2.59. The van der Waals surface area contributed by atoms with E-state index in [1.807, 2.05) is 0 Å². The molecule has 11 heavy (non-hydrogen) atoms. The Morgan fingerprint density at radius 2 is 2.09 bits per heavy atom. The second-order valence-electron chi connectivity index (χ2n) is 4.06. The SMILES string of the molecule is CCCC(C)C1(CO)CCC1. The van der Waals surface area contributed by atoms with Gasteiger partial charge in [0.2, 0.25) is 0 Å². The summed E-state index contributed by atoms with van der Waals surface area (Å²) in [6.07, 6.45) is 6.37. The van der Waals surface area contributed by atoms with E-state index in [2.05, 4.69) is 13.8 Å². The minimum absolute atomic E-state index is 0.329. The first-order valence-electron chi connectivity index (χ1n) is 4.86. The van der Waals surface area contributed by atoms with Gasteiger partial charge in [-0.25, -0.2) is 0 Å². The summed E-state index contributed by atoms with van der Waals surface area (Å²) < 4.78 is 0. The fourth-order valence-corrected chi connectivity index (χ4v) is 2.18. The standard InChI is InChI=1S/C10H20O/c1-3-5-9(2)10(8-11)6-4-7-10/h9,11H,3-8H2,1-2H3. The lowest BCUT2D eigenvalue weighted by molar-refractivity contribution is -0.01000. The number of aliphatic hydroxyl groups excluding tert-OH is 1. The summed E-state index contributed by atoms with van der Waals surface area (Å²) >= 11 is 0. The van der Waals surface area contributed by atoms with Gasteiger partial charge in [-0.05, 0) is 24.2 Å². The van der Waals surface area contributed by atoms with Crippen molar-refractivity contribution in [2.24, 2.45) is 11.3 Å². The molecule has 0 spiro atoms. The van der Waals surface area contributed by atoms with E-state index in [0.717, 1.165) is 5.92 Å². The maximum Gasteiger partial charge on any atom is 0.0489 e. The molecule has 0 amide bonds. The fraction of sp³-hybridized carbons (Fsp3) is 1.00. The van der Waals surface area contributed by atoms with Crippen LogP contribution in [-0.2, 0) is 0 Å². The van der Waals surface area contributed by atoms with Crippen molar-refractivity contribution in [3.8, 4) is 0 Å². The first-order valence-corrected chi connectivity index (χ1v) is 4.86. The fourth-order valence-electron chi connectivity index (χ4n) is 2.18. The Labute approximate surface area is 69.8 Å². The van der Waals surface area contributed by atoms with Gasteiger partial charge in [-0.15, -0.1) is 0 Å². The van der Waals surface area contributed by atoms with Gasteiger partial charge < -0.3 is 5.11 Å². The van der Waals surface area contributed by atoms with Gasteiger partial charge in [-0.1, -0.05) is 33.1 Å². The second kappa shape index (κ2) is 3.57. The molecule has 0 aliphatic heterocycles. The van der Waals surface area contributed by atoms with Gasteiger partial charge >= 0.3 is 0 Å². The van der Waals surface area contributed by atoms with Crippen LogP contribution in [0.25, 0.3) is 0 Å². The molecule has 66 valence electrons. The minimum Gasteiger partial charge on any atom is -0.396 e. The summed E-state index contributed by atoms with van der Waals surface area (Å²) in [6, 6.07) is 0. The average Bonchev–Trinajstić information content (AvgIpc) is 1.87. The molecule has 1 saturated carbocycles. The zero-order valence-electron chi connectivity index (χ0n) is 7.77. The van der Waals surface area contributed by atoms with Crippen LogP contribution in [0.2, 0.25) is 0 Å². The van der Waals surface area contributed by atoms with Crippen LogP contribution in [0.1, 0.15) is 46.0 Å². The Morgan fingerprint density at radius 1 is 1.45 bits per heavy atom. The maximum absolute atomic E-state index is 9.23. The maximum atomic E-state index is 9.23. The molecule has 0 radical (unpaired) electrons. The van der Waals surface area contributed by atoms with Crippen molar-refractivity contribution >= 4 is 0 Å². The Bertz CT molecular complexity index is 111. The van der Waals surface area contributed by atoms with Crippen molar-refractivity contribution in [1.82, 2.24) is 0 Å². The summed E-state index contributed by atoms with van der Waals surface area (Å²) in [5, 5.41) is 9.23. The van der Waals surface area contributed by atoms with Crippen LogP contribution < -0.4 is 0 Å². The largest absolute Gasteiger partial charge is 0.396 e. The Hall–Kier alpha value is -0.0400. The normalized spacial score (nSPS) is 24.3. The lowest BCUT2D eigenvalue weighted by Gasteiger charge is -2.45. The molecular formula is C10H20O. The average molecular weight is 156 g/mol. The number of hydrogen-bond donors (Lipinski definition) is 1. The van der Waals surface area contributed by atoms with E-state index in [1.165, 1.54) is 32.1 Å². The molecule has 0 aromatic heterocycles. The summed E-state index contributed by atoms with van der Waals surface area (Å²) in [7, 11) is 0. The number of rotatable bonds is 4. The van der Waals surface area contributed by atoms with Crippen molar-refractivity contribution in [2.75, 3.05) is 6.61 Å². The highest BCUT2D eigenvalue weighted by Gasteiger charge is 2.40. The highest BCUT2D eigenvalue weighted by Crippen LogP contribution is 2.48. The van der Waals surface area contributed by atoms with Gasteiger partial charge in [0.15, 0.2) is 0 Å². The van der Waals surface area contributed by atoms with Crippen LogP contribution in [0, 0.1) is 11.3 Å². The van der Waals surface area contributed by atoms with Gasteiger partial charge in [0.1, 0.15) is 0 Å². The Morgan fingerprint density at radius 3 is 2.36 bits per heavy atom. The van der Waals surface area contributed by atoms with Gasteiger partial charge in [0.25, 0.3) is 0 Å². The van der Waals surface area contributed by atoms with Crippen LogP contribution in [-0.4, -0.2) is 11.7 Å². The topological polar surface area (TPSA) is 20.2 Å². The molecule has 0 bridgehead atoms. The first-order chi connectivity index (χ1) is 5.25. The Kier molecular flexibility index (Phi) is 2.94. The van der Waals surface area contributed by atoms with Crippen molar-refractivity contribution in [2.45, 2.75) is 46.0 Å². The van der Waals surface area contributed by atoms with Crippen LogP contribution in [0.4, 0.5) is 0 Å². The van der Waals surface area contributed by atoms with E-state index in [0.29, 0.717) is 12.0 Å². The van der Waals surface area contributed by atoms with E-state index < -0.39 is 0 Å². The predicted molar refractivity (Wildman–Crippen MR) is 47.4 cm³/mol. The number of hydrogen-bond acceptors (Lipinski definition) is 1. The summed E-state index contributed by atoms with van der Waals surface area (Å²) in [4.78, 5) is 0. The van der Waals surface area contributed by atoms with Crippen molar-refractivity contribution in [3.63, 3.8) is 0 Å². The second-order valence-corrected chi connectivity index (χ2v) is 4.06. The molecule has 1 aliphatic carbocycles. The van der Waals surface area contributed by atoms with E-state index in [-0.39, 0.29) is 0 Å². The van der Waals surface area contributed by atoms with Crippen molar-refractivity contribution in [3.05, 3.63) is 0 Å². The molecule has 1 heteroatoms. The monoisotopic (exact) mass is 156 g/mol. The molecule has 0 saturated heterocycles. The zero-order valence-corrected chi connectivity index (χ0v) is 7.77. The quantitative estimate of drug-likeness (QED) is 0.663. The zero-order chi connectivity index (χ0) is 8.32. The molecule has 1 fully saturated rings. The summed E-state index contributed by atoms with van der Waals surface area (Å²) in [6.45, 7) is 4.92. The molecule has 1 rings (SSSR count). The van der Waals surface area contributed by atoms with Gasteiger partial charge in [-0.2, -0.15) is 0 Å². The molecule has 1 unspecified atom stereocenters. The molecule has 0 heterocycles. The van der Waals surface area contributed by atoms with Crippen LogP contribution >= 0.6 is 0 Å². The summed E-state index contributed by atoms with van der Waals surface area (Å²) in [5.41, 5.74) is 0.329. The molecule has 1 atom stereocenters. The van der Waals surface area contributed by atoms with Crippen molar-refractivity contribution < 1.29 is 5.11 Å². The Balaban J connectivity index is 2.40. The summed E-state index contributed by atoms with van der Waals surface area (Å²) in [5.74, 6) is 0.728. The number of aliphatic hydroxyl groups is 1. The van der Waals surface area contributed by atoms with E-state index in [1.54, 1.807) is 0 Å². The van der Waals surface area contributed by atoms with Gasteiger partial charge in [-0.3, -0.25) is 0 Å². The minimum atomic E-state index is 0.329. The lowest BCUT2D eigenvalue weighted by Crippen LogP contribution is -2.39. The van der Waals surface area contributed by atoms with Crippen LogP contribution in [0.15, 0.2) is 0 Å². The van der Waals surface area contributed by atoms with Gasteiger partial charge in [0, 0.05) is 6.61 Å². The lowest BCUT2D eigenvalue weighted by atomic mass is 9.61. The highest BCUT2D eigenvalue weighted by molar-refractivity contribution is 4.90. The molecular weight excluding hydrogens is 136 g/mol. The molecule has 1 N–H and O–H groups in total. The highest BCUT2D eigenvalue weighted by atomic mass is 16.3. The molecule has 0 aromatic rings. The molecule has 0 aromatic carbocycles. The van der Waals surface area contributed by atoms with E-state index in [9.17, 15) is 5.11 Å². The molecule has 1 aliphatic rings. The van der Waals surface area contributed by atoms with E-state index in [4.69, 9.17) is 0 Å². The first kappa shape index (κ1) is 9.05. The third-order valence-electron chi connectivity index (χ3n) is 3.43. The van der Waals surface area contributed by atoms with Gasteiger partial charge in [0.05, 0.1) is 0 Å². The third kappa shape index (κ3) is 1.58. The third-order valence-corrected chi connectivity index (χ3v) is 3.43. The van der Waals surface area contributed by atoms with E-state index >= 15 is 0 Å². The smallest absolute Gasteiger partial charge is 0.0489 e.